The van der Waals surface area contributed by atoms with Gasteiger partial charge in [-0.05, 0) is 49.4 Å². The molecule has 4 heteroatoms. The molecule has 0 atom stereocenters. The lowest BCUT2D eigenvalue weighted by molar-refractivity contribution is -0.233. The summed E-state index contributed by atoms with van der Waals surface area (Å²) < 4.78 is 17.4. The molecular weight excluding hydrogens is 376 g/mol. The minimum Gasteiger partial charge on any atom is -0.426 e. The van der Waals surface area contributed by atoms with Crippen molar-refractivity contribution < 1.29 is 19.0 Å². The Labute approximate surface area is 180 Å². The van der Waals surface area contributed by atoms with E-state index in [1.807, 2.05) is 43.3 Å². The molecule has 1 fully saturated rings. The van der Waals surface area contributed by atoms with Gasteiger partial charge in [0.05, 0.1) is 13.2 Å². The van der Waals surface area contributed by atoms with Crippen LogP contribution >= 0.6 is 0 Å². The number of rotatable bonds is 9. The van der Waals surface area contributed by atoms with E-state index in [9.17, 15) is 4.79 Å². The van der Waals surface area contributed by atoms with Gasteiger partial charge in [0.2, 0.25) is 0 Å². The fourth-order valence-electron chi connectivity index (χ4n) is 3.58. The van der Waals surface area contributed by atoms with Crippen molar-refractivity contribution in [1.82, 2.24) is 0 Å². The molecule has 0 bridgehead atoms. The predicted octanol–water partition coefficient (Wildman–Crippen LogP) is 6.03. The summed E-state index contributed by atoms with van der Waals surface area (Å²) in [5, 5.41) is 0. The highest BCUT2D eigenvalue weighted by molar-refractivity contribution is 5.79. The van der Waals surface area contributed by atoms with Crippen LogP contribution in [0.5, 0.6) is 5.75 Å². The predicted molar refractivity (Wildman–Crippen MR) is 118 cm³/mol. The molecule has 0 amide bonds. The molecule has 1 saturated heterocycles. The molecule has 2 aromatic rings. The number of carbonyl (C=O) groups excluding carboxylic acids is 1. The van der Waals surface area contributed by atoms with Crippen LogP contribution in [0.25, 0.3) is 0 Å². The standard InChI is InChI=1S/C26H34O4/c1-4-6-7-9-21-12-16-23(17-13-21)30-25(27)26(3)18-28-24(29-19-26)22-14-10-20(8-5-2)11-15-22/h10-17,24H,4-9,18-19H2,1-3H3/t24-,26+. The van der Waals surface area contributed by atoms with Crippen LogP contribution in [0.1, 0.15) is 69.4 Å². The molecule has 30 heavy (non-hydrogen) atoms. The van der Waals surface area contributed by atoms with Crippen molar-refractivity contribution >= 4 is 5.97 Å². The van der Waals surface area contributed by atoms with Gasteiger partial charge in [-0.15, -0.1) is 0 Å². The summed E-state index contributed by atoms with van der Waals surface area (Å²) in [6.07, 6.45) is 6.44. The van der Waals surface area contributed by atoms with Crippen LogP contribution in [-0.2, 0) is 27.1 Å². The quantitative estimate of drug-likeness (QED) is 0.288. The average Bonchev–Trinajstić information content (AvgIpc) is 2.76. The highest BCUT2D eigenvalue weighted by Crippen LogP contribution is 2.33. The highest BCUT2D eigenvalue weighted by Gasteiger charge is 2.41. The Kier molecular flexibility index (Phi) is 8.06. The van der Waals surface area contributed by atoms with Crippen LogP contribution in [0.4, 0.5) is 0 Å². The first-order chi connectivity index (χ1) is 14.5. The van der Waals surface area contributed by atoms with Gasteiger partial charge in [-0.1, -0.05) is 69.5 Å². The first-order valence-electron chi connectivity index (χ1n) is 11.2. The molecule has 0 aromatic heterocycles. The van der Waals surface area contributed by atoms with Crippen molar-refractivity contribution in [3.8, 4) is 5.75 Å². The maximum absolute atomic E-state index is 12.8. The molecule has 1 heterocycles. The Bertz CT molecular complexity index is 787. The summed E-state index contributed by atoms with van der Waals surface area (Å²) in [6.45, 7) is 6.73. The molecule has 0 spiro atoms. The van der Waals surface area contributed by atoms with E-state index in [0.717, 1.165) is 24.8 Å². The van der Waals surface area contributed by atoms with E-state index in [2.05, 4.69) is 26.0 Å². The average molecular weight is 411 g/mol. The molecule has 0 N–H and O–H groups in total. The summed E-state index contributed by atoms with van der Waals surface area (Å²) in [5.74, 6) is 0.243. The molecule has 3 rings (SSSR count). The van der Waals surface area contributed by atoms with Gasteiger partial charge >= 0.3 is 5.97 Å². The third-order valence-corrected chi connectivity index (χ3v) is 5.59. The Balaban J connectivity index is 1.52. The van der Waals surface area contributed by atoms with E-state index in [1.165, 1.54) is 30.4 Å². The number of benzene rings is 2. The molecule has 1 aliphatic heterocycles. The first-order valence-corrected chi connectivity index (χ1v) is 11.2. The second kappa shape index (κ2) is 10.7. The van der Waals surface area contributed by atoms with Crippen molar-refractivity contribution in [1.29, 1.82) is 0 Å². The van der Waals surface area contributed by atoms with Gasteiger partial charge in [-0.25, -0.2) is 0 Å². The zero-order valence-corrected chi connectivity index (χ0v) is 18.5. The van der Waals surface area contributed by atoms with E-state index in [0.29, 0.717) is 5.75 Å². The Morgan fingerprint density at radius 2 is 1.50 bits per heavy atom. The molecule has 162 valence electrons. The maximum Gasteiger partial charge on any atom is 0.321 e. The Morgan fingerprint density at radius 1 is 0.900 bits per heavy atom. The number of hydrogen-bond acceptors (Lipinski definition) is 4. The minimum atomic E-state index is -0.821. The van der Waals surface area contributed by atoms with Crippen LogP contribution in [-0.4, -0.2) is 19.2 Å². The van der Waals surface area contributed by atoms with E-state index in [4.69, 9.17) is 14.2 Å². The van der Waals surface area contributed by atoms with Crippen molar-refractivity contribution in [2.24, 2.45) is 5.41 Å². The lowest BCUT2D eigenvalue weighted by Gasteiger charge is -2.35. The fourth-order valence-corrected chi connectivity index (χ4v) is 3.58. The number of carbonyl (C=O) groups is 1. The van der Waals surface area contributed by atoms with Crippen molar-refractivity contribution in [2.45, 2.75) is 65.6 Å². The van der Waals surface area contributed by atoms with E-state index >= 15 is 0 Å². The molecule has 0 unspecified atom stereocenters. The Hall–Kier alpha value is -2.17. The SMILES string of the molecule is CCCCCc1ccc(OC(=O)[C@]2(C)CO[C@H](c3ccc(CCC)cc3)OC2)cc1. The zero-order chi connectivity index (χ0) is 21.4. The third kappa shape index (κ3) is 5.93. The van der Waals surface area contributed by atoms with Gasteiger partial charge in [0, 0.05) is 5.56 Å². The minimum absolute atomic E-state index is 0.266. The number of hydrogen-bond donors (Lipinski definition) is 0. The monoisotopic (exact) mass is 410 g/mol. The summed E-state index contributed by atoms with van der Waals surface area (Å²) in [6, 6.07) is 16.1. The molecule has 4 nitrogen and oxygen atoms in total. The van der Waals surface area contributed by atoms with Crippen molar-refractivity contribution in [3.63, 3.8) is 0 Å². The summed E-state index contributed by atoms with van der Waals surface area (Å²) in [7, 11) is 0. The van der Waals surface area contributed by atoms with E-state index in [1.54, 1.807) is 0 Å². The number of esters is 1. The lowest BCUT2D eigenvalue weighted by Crippen LogP contribution is -2.44. The second-order valence-corrected chi connectivity index (χ2v) is 8.50. The molecular formula is C26H34O4. The number of ether oxygens (including phenoxy) is 3. The van der Waals surface area contributed by atoms with Gasteiger partial charge in [0.15, 0.2) is 6.29 Å². The molecule has 0 radical (unpaired) electrons. The smallest absolute Gasteiger partial charge is 0.321 e. The topological polar surface area (TPSA) is 44.8 Å². The van der Waals surface area contributed by atoms with Crippen LogP contribution < -0.4 is 4.74 Å². The zero-order valence-electron chi connectivity index (χ0n) is 18.5. The molecule has 0 aliphatic carbocycles. The second-order valence-electron chi connectivity index (χ2n) is 8.50. The van der Waals surface area contributed by atoms with Gasteiger partial charge in [0.25, 0.3) is 0 Å². The van der Waals surface area contributed by atoms with Crippen molar-refractivity contribution in [2.75, 3.05) is 13.2 Å². The molecule has 1 aliphatic rings. The Morgan fingerprint density at radius 3 is 2.10 bits per heavy atom. The molecule has 2 aromatic carbocycles. The van der Waals surface area contributed by atoms with Gasteiger partial charge in [0.1, 0.15) is 11.2 Å². The van der Waals surface area contributed by atoms with Crippen LogP contribution in [0.2, 0.25) is 0 Å². The van der Waals surface area contributed by atoms with Crippen LogP contribution in [0.15, 0.2) is 48.5 Å². The normalized spacial score (nSPS) is 21.4. The summed E-state index contributed by atoms with van der Waals surface area (Å²) in [4.78, 5) is 12.8. The number of unbranched alkanes of at least 4 members (excludes halogenated alkanes) is 2. The van der Waals surface area contributed by atoms with Crippen LogP contribution in [0.3, 0.4) is 0 Å². The number of aryl methyl sites for hydroxylation is 2. The fraction of sp³-hybridized carbons (Fsp3) is 0.500. The van der Waals surface area contributed by atoms with E-state index < -0.39 is 11.7 Å². The van der Waals surface area contributed by atoms with E-state index in [-0.39, 0.29) is 19.2 Å². The van der Waals surface area contributed by atoms with Gasteiger partial charge in [-0.3, -0.25) is 4.79 Å². The van der Waals surface area contributed by atoms with Crippen molar-refractivity contribution in [3.05, 3.63) is 65.2 Å². The molecule has 0 saturated carbocycles. The van der Waals surface area contributed by atoms with Gasteiger partial charge < -0.3 is 14.2 Å². The van der Waals surface area contributed by atoms with Gasteiger partial charge in [-0.2, -0.15) is 0 Å². The summed E-state index contributed by atoms with van der Waals surface area (Å²) >= 11 is 0. The lowest BCUT2D eigenvalue weighted by atomic mass is 9.92. The largest absolute Gasteiger partial charge is 0.426 e. The summed E-state index contributed by atoms with van der Waals surface area (Å²) in [5.41, 5.74) is 2.73. The first kappa shape index (κ1) is 22.5. The van der Waals surface area contributed by atoms with Crippen LogP contribution in [0, 0.1) is 5.41 Å². The third-order valence-electron chi connectivity index (χ3n) is 5.59. The highest BCUT2D eigenvalue weighted by atomic mass is 16.7. The maximum atomic E-state index is 12.8.